The van der Waals surface area contributed by atoms with Crippen molar-refractivity contribution in [2.45, 2.75) is 4.95 Å². The fraction of sp³-hybridized carbons (Fsp3) is 0.500. The second-order valence-corrected chi connectivity index (χ2v) is 3.03. The highest BCUT2D eigenvalue weighted by atomic mass is 79.9. The molecule has 1 N–H and O–H groups in total. The van der Waals surface area contributed by atoms with Gasteiger partial charge in [-0.15, -0.1) is 0 Å². The van der Waals surface area contributed by atoms with Crippen LogP contribution < -0.4 is 5.32 Å². The molecule has 0 aliphatic carbocycles. The molecule has 0 aliphatic heterocycles. The molecule has 0 saturated carbocycles. The topological polar surface area (TPSA) is 12.0 Å². The molecule has 0 aliphatic rings. The standard InChI is InChI=1S/C4H7Br2N/c1-3(5)4(6)7-2/h4,7H,1H2,2H3. The van der Waals surface area contributed by atoms with E-state index in [1.807, 2.05) is 7.05 Å². The van der Waals surface area contributed by atoms with Gasteiger partial charge in [0.15, 0.2) is 0 Å². The predicted molar refractivity (Wildman–Crippen MR) is 39.8 cm³/mol. The number of hydrogen-bond acceptors (Lipinski definition) is 1. The first kappa shape index (κ1) is 7.66. The van der Waals surface area contributed by atoms with Crippen molar-refractivity contribution in [3.8, 4) is 0 Å². The lowest BCUT2D eigenvalue weighted by molar-refractivity contribution is 0.874. The quantitative estimate of drug-likeness (QED) is 0.562. The van der Waals surface area contributed by atoms with Crippen molar-refractivity contribution in [3.63, 3.8) is 0 Å². The third-order valence-electron chi connectivity index (χ3n) is 0.528. The molecule has 0 rings (SSSR count). The summed E-state index contributed by atoms with van der Waals surface area (Å²) in [5.41, 5.74) is 0. The molecule has 3 heteroatoms. The second-order valence-electron chi connectivity index (χ2n) is 1.10. The zero-order valence-corrected chi connectivity index (χ0v) is 7.21. The first-order valence-corrected chi connectivity index (χ1v) is 3.55. The summed E-state index contributed by atoms with van der Waals surface area (Å²) < 4.78 is 0.912. The molecule has 42 valence electrons. The highest BCUT2D eigenvalue weighted by molar-refractivity contribution is 9.14. The molecular weight excluding hydrogens is 222 g/mol. The van der Waals surface area contributed by atoms with E-state index < -0.39 is 0 Å². The molecule has 0 spiro atoms. The Balaban J connectivity index is 3.34. The average Bonchev–Trinajstić information content (AvgIpc) is 1.65. The molecule has 0 heterocycles. The Hall–Kier alpha value is 0.660. The Morgan fingerprint density at radius 2 is 2.29 bits per heavy atom. The molecule has 0 amide bonds. The second kappa shape index (κ2) is 3.64. The molecule has 1 atom stereocenters. The summed E-state index contributed by atoms with van der Waals surface area (Å²) in [7, 11) is 1.85. The van der Waals surface area contributed by atoms with Crippen LogP contribution in [0.2, 0.25) is 0 Å². The van der Waals surface area contributed by atoms with Gasteiger partial charge in [0.05, 0.1) is 4.95 Å². The van der Waals surface area contributed by atoms with E-state index in [2.05, 4.69) is 43.8 Å². The fourth-order valence-electron chi connectivity index (χ4n) is 0.157. The van der Waals surface area contributed by atoms with E-state index in [0.29, 0.717) is 0 Å². The average molecular weight is 229 g/mol. The molecule has 0 aromatic heterocycles. The van der Waals surface area contributed by atoms with E-state index in [4.69, 9.17) is 0 Å². The van der Waals surface area contributed by atoms with Crippen molar-refractivity contribution >= 4 is 31.9 Å². The molecule has 7 heavy (non-hydrogen) atoms. The Kier molecular flexibility index (Phi) is 3.98. The molecule has 0 aromatic rings. The SMILES string of the molecule is C=C(Br)C(Br)NC. The van der Waals surface area contributed by atoms with Gasteiger partial charge in [0, 0.05) is 4.48 Å². The van der Waals surface area contributed by atoms with Crippen molar-refractivity contribution in [2.75, 3.05) is 7.05 Å². The molecule has 0 aromatic carbocycles. The van der Waals surface area contributed by atoms with Crippen molar-refractivity contribution in [3.05, 3.63) is 11.1 Å². The van der Waals surface area contributed by atoms with Gasteiger partial charge in [0.1, 0.15) is 0 Å². The van der Waals surface area contributed by atoms with Crippen LogP contribution in [0, 0.1) is 0 Å². The summed E-state index contributed by atoms with van der Waals surface area (Å²) in [4.78, 5) is 0.187. The predicted octanol–water partition coefficient (Wildman–Crippen LogP) is 1.84. The lowest BCUT2D eigenvalue weighted by Gasteiger charge is -2.02. The van der Waals surface area contributed by atoms with Crippen LogP contribution in [0.25, 0.3) is 0 Å². The highest BCUT2D eigenvalue weighted by Crippen LogP contribution is 2.11. The summed E-state index contributed by atoms with van der Waals surface area (Å²) in [5.74, 6) is 0. The van der Waals surface area contributed by atoms with E-state index in [-0.39, 0.29) is 4.95 Å². The minimum atomic E-state index is 0.187. The number of hydrogen-bond donors (Lipinski definition) is 1. The first-order chi connectivity index (χ1) is 3.18. The van der Waals surface area contributed by atoms with Crippen LogP contribution >= 0.6 is 31.9 Å². The summed E-state index contributed by atoms with van der Waals surface area (Å²) >= 11 is 6.48. The lowest BCUT2D eigenvalue weighted by Crippen LogP contribution is -2.16. The number of alkyl halides is 1. The van der Waals surface area contributed by atoms with Crippen LogP contribution in [0.1, 0.15) is 0 Å². The Labute approximate surface area is 60.4 Å². The Bertz CT molecular complexity index is 72.1. The van der Waals surface area contributed by atoms with E-state index in [0.717, 1.165) is 4.48 Å². The fourth-order valence-corrected chi connectivity index (χ4v) is 0.386. The summed E-state index contributed by atoms with van der Waals surface area (Å²) in [6.07, 6.45) is 0. The van der Waals surface area contributed by atoms with Crippen LogP contribution in [0.4, 0.5) is 0 Å². The van der Waals surface area contributed by atoms with E-state index in [1.54, 1.807) is 0 Å². The zero-order valence-electron chi connectivity index (χ0n) is 4.04. The van der Waals surface area contributed by atoms with E-state index in [1.165, 1.54) is 0 Å². The maximum absolute atomic E-state index is 3.63. The number of likely N-dealkylation sites (N-methyl/N-ethyl adjacent to an activating group) is 1. The van der Waals surface area contributed by atoms with Gasteiger partial charge in [-0.2, -0.15) is 0 Å². The summed E-state index contributed by atoms with van der Waals surface area (Å²) in [6.45, 7) is 3.63. The number of nitrogens with one attached hydrogen (secondary N) is 1. The highest BCUT2D eigenvalue weighted by Gasteiger charge is 1.97. The third-order valence-corrected chi connectivity index (χ3v) is 2.61. The maximum Gasteiger partial charge on any atom is 0.0943 e. The van der Waals surface area contributed by atoms with Crippen molar-refractivity contribution in [2.24, 2.45) is 0 Å². The number of halogens is 2. The lowest BCUT2D eigenvalue weighted by atomic mass is 10.6. The van der Waals surface area contributed by atoms with Gasteiger partial charge in [-0.1, -0.05) is 38.4 Å². The van der Waals surface area contributed by atoms with Gasteiger partial charge in [-0.3, -0.25) is 0 Å². The van der Waals surface area contributed by atoms with Crippen LogP contribution in [0.3, 0.4) is 0 Å². The molecule has 1 unspecified atom stereocenters. The smallest absolute Gasteiger partial charge is 0.0943 e. The Morgan fingerprint density at radius 1 is 1.86 bits per heavy atom. The van der Waals surface area contributed by atoms with E-state index in [9.17, 15) is 0 Å². The maximum atomic E-state index is 3.63. The number of rotatable bonds is 2. The van der Waals surface area contributed by atoms with Gasteiger partial charge in [-0.05, 0) is 7.05 Å². The van der Waals surface area contributed by atoms with Gasteiger partial charge >= 0.3 is 0 Å². The third kappa shape index (κ3) is 3.26. The summed E-state index contributed by atoms with van der Waals surface area (Å²) in [6, 6.07) is 0. The molecule has 0 saturated heterocycles. The molecule has 0 fully saturated rings. The largest absolute Gasteiger partial charge is 0.304 e. The molecule has 1 nitrogen and oxygen atoms in total. The molecule has 0 radical (unpaired) electrons. The molecular formula is C4H7Br2N. The van der Waals surface area contributed by atoms with E-state index >= 15 is 0 Å². The van der Waals surface area contributed by atoms with Crippen LogP contribution in [-0.4, -0.2) is 12.0 Å². The minimum Gasteiger partial charge on any atom is -0.304 e. The van der Waals surface area contributed by atoms with Crippen molar-refractivity contribution in [1.82, 2.24) is 5.32 Å². The van der Waals surface area contributed by atoms with Crippen LogP contribution in [0.5, 0.6) is 0 Å². The summed E-state index contributed by atoms with van der Waals surface area (Å²) in [5, 5.41) is 2.93. The normalized spacial score (nSPS) is 13.6. The van der Waals surface area contributed by atoms with Crippen molar-refractivity contribution < 1.29 is 0 Å². The minimum absolute atomic E-state index is 0.187. The van der Waals surface area contributed by atoms with Crippen LogP contribution in [0.15, 0.2) is 11.1 Å². The van der Waals surface area contributed by atoms with Gasteiger partial charge in [0.2, 0.25) is 0 Å². The Morgan fingerprint density at radius 3 is 2.29 bits per heavy atom. The van der Waals surface area contributed by atoms with Gasteiger partial charge in [0.25, 0.3) is 0 Å². The van der Waals surface area contributed by atoms with Crippen molar-refractivity contribution in [1.29, 1.82) is 0 Å². The molecule has 0 bridgehead atoms. The van der Waals surface area contributed by atoms with Crippen LogP contribution in [-0.2, 0) is 0 Å². The first-order valence-electron chi connectivity index (χ1n) is 1.84. The zero-order chi connectivity index (χ0) is 5.86. The van der Waals surface area contributed by atoms with Gasteiger partial charge < -0.3 is 5.32 Å². The van der Waals surface area contributed by atoms with Gasteiger partial charge in [-0.25, -0.2) is 0 Å². The monoisotopic (exact) mass is 227 g/mol.